The van der Waals surface area contributed by atoms with Gasteiger partial charge in [-0.25, -0.2) is 0 Å². The van der Waals surface area contributed by atoms with E-state index in [1.165, 1.54) is 4.88 Å². The number of pyridine rings is 1. The van der Waals surface area contributed by atoms with E-state index in [9.17, 15) is 4.79 Å². The molecule has 1 N–H and O–H groups in total. The summed E-state index contributed by atoms with van der Waals surface area (Å²) < 4.78 is 0. The normalized spacial score (nSPS) is 10.6. The number of benzene rings is 1. The first-order valence-electron chi connectivity index (χ1n) is 6.48. The van der Waals surface area contributed by atoms with Gasteiger partial charge in [-0.05, 0) is 42.1 Å². The van der Waals surface area contributed by atoms with Gasteiger partial charge >= 0.3 is 0 Å². The Hall–Kier alpha value is -2.20. The molecular weight excluding hydrogens is 268 g/mol. The Bertz CT molecular complexity index is 722. The van der Waals surface area contributed by atoms with E-state index in [0.717, 1.165) is 17.3 Å². The highest BCUT2D eigenvalue weighted by molar-refractivity contribution is 7.09. The summed E-state index contributed by atoms with van der Waals surface area (Å²) in [5, 5.41) is 5.98. The Labute approximate surface area is 121 Å². The van der Waals surface area contributed by atoms with Crippen molar-refractivity contribution in [3.8, 4) is 0 Å². The molecule has 1 aromatic carbocycles. The van der Waals surface area contributed by atoms with Crippen LogP contribution in [0.1, 0.15) is 15.2 Å². The van der Waals surface area contributed by atoms with Crippen molar-refractivity contribution < 1.29 is 4.79 Å². The minimum Gasteiger partial charge on any atom is -0.352 e. The number of carbonyl (C=O) groups is 1. The van der Waals surface area contributed by atoms with Crippen molar-refractivity contribution in [3.05, 3.63) is 64.5 Å². The number of fused-ring (bicyclic) bond motifs is 1. The number of aromatic nitrogens is 1. The Morgan fingerprint density at radius 2 is 2.15 bits per heavy atom. The van der Waals surface area contributed by atoms with E-state index < -0.39 is 0 Å². The predicted octanol–water partition coefficient (Wildman–Crippen LogP) is 3.27. The first-order chi connectivity index (χ1) is 9.83. The molecule has 0 atom stereocenters. The van der Waals surface area contributed by atoms with Crippen LogP contribution < -0.4 is 5.32 Å². The zero-order chi connectivity index (χ0) is 13.8. The zero-order valence-corrected chi connectivity index (χ0v) is 11.7. The summed E-state index contributed by atoms with van der Waals surface area (Å²) in [6.45, 7) is 0.657. The summed E-state index contributed by atoms with van der Waals surface area (Å²) in [7, 11) is 0. The Morgan fingerprint density at radius 3 is 3.00 bits per heavy atom. The molecule has 0 fully saturated rings. The molecule has 0 unspecified atom stereocenters. The lowest BCUT2D eigenvalue weighted by Crippen LogP contribution is -2.25. The first kappa shape index (κ1) is 12.8. The Kier molecular flexibility index (Phi) is 3.74. The average molecular weight is 282 g/mol. The van der Waals surface area contributed by atoms with E-state index >= 15 is 0 Å². The van der Waals surface area contributed by atoms with Crippen LogP contribution in [0.4, 0.5) is 0 Å². The number of hydrogen-bond donors (Lipinski definition) is 1. The van der Waals surface area contributed by atoms with Crippen LogP contribution in [-0.4, -0.2) is 17.4 Å². The Balaban J connectivity index is 1.66. The molecule has 20 heavy (non-hydrogen) atoms. The lowest BCUT2D eigenvalue weighted by Gasteiger charge is -2.05. The summed E-state index contributed by atoms with van der Waals surface area (Å²) >= 11 is 1.71. The molecule has 0 aliphatic heterocycles. The number of carbonyl (C=O) groups excluding carboxylic acids is 1. The highest BCUT2D eigenvalue weighted by Gasteiger charge is 2.06. The topological polar surface area (TPSA) is 42.0 Å². The standard InChI is InChI=1S/C16H14N2OS/c19-16(18-9-7-14-4-2-10-20-14)13-5-6-15-12(11-13)3-1-8-17-15/h1-6,8,10-11H,7,9H2,(H,18,19). The van der Waals surface area contributed by atoms with Gasteiger partial charge in [0.05, 0.1) is 5.52 Å². The fourth-order valence-electron chi connectivity index (χ4n) is 2.07. The van der Waals surface area contributed by atoms with Crippen LogP contribution in [0.15, 0.2) is 54.0 Å². The fraction of sp³-hybridized carbons (Fsp3) is 0.125. The summed E-state index contributed by atoms with van der Waals surface area (Å²) in [6, 6.07) is 13.5. The summed E-state index contributed by atoms with van der Waals surface area (Å²) in [5.74, 6) is -0.0349. The molecular formula is C16H14N2OS. The van der Waals surface area contributed by atoms with E-state index in [-0.39, 0.29) is 5.91 Å². The zero-order valence-electron chi connectivity index (χ0n) is 10.9. The van der Waals surface area contributed by atoms with Gasteiger partial charge in [0.2, 0.25) is 0 Å². The van der Waals surface area contributed by atoms with Crippen molar-refractivity contribution in [2.45, 2.75) is 6.42 Å². The van der Waals surface area contributed by atoms with Crippen LogP contribution in [0.5, 0.6) is 0 Å². The maximum Gasteiger partial charge on any atom is 0.251 e. The van der Waals surface area contributed by atoms with Gasteiger partial charge in [-0.1, -0.05) is 12.1 Å². The van der Waals surface area contributed by atoms with E-state index in [4.69, 9.17) is 0 Å². The molecule has 0 bridgehead atoms. The lowest BCUT2D eigenvalue weighted by molar-refractivity contribution is 0.0954. The van der Waals surface area contributed by atoms with E-state index in [2.05, 4.69) is 16.4 Å². The largest absolute Gasteiger partial charge is 0.352 e. The second-order valence-corrected chi connectivity index (χ2v) is 5.53. The van der Waals surface area contributed by atoms with Gasteiger partial charge < -0.3 is 5.32 Å². The van der Waals surface area contributed by atoms with Crippen molar-refractivity contribution in [2.75, 3.05) is 6.54 Å². The summed E-state index contributed by atoms with van der Waals surface area (Å²) in [5.41, 5.74) is 1.58. The lowest BCUT2D eigenvalue weighted by atomic mass is 10.1. The predicted molar refractivity (Wildman–Crippen MR) is 82.1 cm³/mol. The molecule has 0 saturated heterocycles. The van der Waals surface area contributed by atoms with E-state index in [0.29, 0.717) is 12.1 Å². The molecule has 2 aromatic heterocycles. The number of nitrogens with zero attached hydrogens (tertiary/aromatic N) is 1. The maximum absolute atomic E-state index is 12.1. The molecule has 0 saturated carbocycles. The van der Waals surface area contributed by atoms with E-state index in [1.807, 2.05) is 41.8 Å². The summed E-state index contributed by atoms with van der Waals surface area (Å²) in [6.07, 6.45) is 2.63. The van der Waals surface area contributed by atoms with E-state index in [1.54, 1.807) is 17.5 Å². The number of nitrogens with one attached hydrogen (secondary N) is 1. The first-order valence-corrected chi connectivity index (χ1v) is 7.36. The molecule has 3 nitrogen and oxygen atoms in total. The molecule has 3 aromatic rings. The van der Waals surface area contributed by atoms with Crippen LogP contribution in [-0.2, 0) is 6.42 Å². The molecule has 0 aliphatic carbocycles. The van der Waals surface area contributed by atoms with Gasteiger partial charge in [-0.3, -0.25) is 9.78 Å². The molecule has 0 spiro atoms. The highest BCUT2D eigenvalue weighted by atomic mass is 32.1. The van der Waals surface area contributed by atoms with Gasteiger partial charge in [0, 0.05) is 28.6 Å². The quantitative estimate of drug-likeness (QED) is 0.798. The van der Waals surface area contributed by atoms with Crippen molar-refractivity contribution in [3.63, 3.8) is 0 Å². The van der Waals surface area contributed by atoms with Gasteiger partial charge in [-0.15, -0.1) is 11.3 Å². The smallest absolute Gasteiger partial charge is 0.251 e. The average Bonchev–Trinajstić information content (AvgIpc) is 3.00. The minimum absolute atomic E-state index is 0.0349. The van der Waals surface area contributed by atoms with Crippen molar-refractivity contribution in [2.24, 2.45) is 0 Å². The van der Waals surface area contributed by atoms with Crippen LogP contribution >= 0.6 is 11.3 Å². The van der Waals surface area contributed by atoms with Gasteiger partial charge in [0.25, 0.3) is 5.91 Å². The third kappa shape index (κ3) is 2.86. The summed E-state index contributed by atoms with van der Waals surface area (Å²) in [4.78, 5) is 17.6. The van der Waals surface area contributed by atoms with Crippen LogP contribution in [0, 0.1) is 0 Å². The van der Waals surface area contributed by atoms with Crippen molar-refractivity contribution >= 4 is 28.1 Å². The molecule has 1 amide bonds. The van der Waals surface area contributed by atoms with Crippen LogP contribution in [0.25, 0.3) is 10.9 Å². The number of rotatable bonds is 4. The van der Waals surface area contributed by atoms with Gasteiger partial charge in [-0.2, -0.15) is 0 Å². The molecule has 0 aliphatic rings. The molecule has 3 rings (SSSR count). The molecule has 2 heterocycles. The second-order valence-electron chi connectivity index (χ2n) is 4.50. The monoisotopic (exact) mass is 282 g/mol. The number of amides is 1. The molecule has 4 heteroatoms. The Morgan fingerprint density at radius 1 is 1.20 bits per heavy atom. The number of thiophene rings is 1. The van der Waals surface area contributed by atoms with Crippen molar-refractivity contribution in [1.29, 1.82) is 0 Å². The van der Waals surface area contributed by atoms with Crippen LogP contribution in [0.3, 0.4) is 0 Å². The van der Waals surface area contributed by atoms with Gasteiger partial charge in [0.15, 0.2) is 0 Å². The van der Waals surface area contributed by atoms with Crippen molar-refractivity contribution in [1.82, 2.24) is 10.3 Å². The SMILES string of the molecule is O=C(NCCc1cccs1)c1ccc2ncccc2c1. The van der Waals surface area contributed by atoms with Crippen LogP contribution in [0.2, 0.25) is 0 Å². The highest BCUT2D eigenvalue weighted by Crippen LogP contribution is 2.13. The van der Waals surface area contributed by atoms with Gasteiger partial charge in [0.1, 0.15) is 0 Å². The third-order valence-electron chi connectivity index (χ3n) is 3.10. The third-order valence-corrected chi connectivity index (χ3v) is 4.04. The molecule has 100 valence electrons. The second kappa shape index (κ2) is 5.84. The fourth-order valence-corrected chi connectivity index (χ4v) is 2.78. The minimum atomic E-state index is -0.0349. The number of hydrogen-bond acceptors (Lipinski definition) is 3. The maximum atomic E-state index is 12.1. The molecule has 0 radical (unpaired) electrons.